The van der Waals surface area contributed by atoms with E-state index in [9.17, 15) is 5.11 Å². The first kappa shape index (κ1) is 23.9. The highest BCUT2D eigenvalue weighted by Crippen LogP contribution is 2.37. The van der Waals surface area contributed by atoms with Crippen LogP contribution in [0.4, 0.5) is 0 Å². The second kappa shape index (κ2) is 10.9. The average Bonchev–Trinajstić information content (AvgIpc) is 3.10. The van der Waals surface area contributed by atoms with E-state index in [0.29, 0.717) is 13.2 Å². The van der Waals surface area contributed by atoms with Crippen molar-refractivity contribution in [1.29, 1.82) is 0 Å². The molecule has 1 fully saturated rings. The Bertz CT molecular complexity index is 1300. The van der Waals surface area contributed by atoms with Crippen LogP contribution in [0.1, 0.15) is 22.6 Å². The van der Waals surface area contributed by atoms with E-state index in [4.69, 9.17) is 9.47 Å². The molecule has 0 saturated carbocycles. The van der Waals surface area contributed by atoms with Crippen LogP contribution in [0.5, 0.6) is 11.5 Å². The number of hydrogen-bond acceptors (Lipinski definition) is 6. The number of ether oxygens (including phenoxy) is 2. The molecule has 1 aromatic heterocycles. The lowest BCUT2D eigenvalue weighted by molar-refractivity contribution is 0.0459. The van der Waals surface area contributed by atoms with Crippen LogP contribution in [0, 0.1) is 0 Å². The number of aliphatic hydroxyl groups excluding tert-OH is 1. The molecule has 0 spiro atoms. The SMILES string of the molecule is OC(COc1cccc2ncccc12)CN1CCN(CC2c3ccccc3COc3ccccc32)CC1. The summed E-state index contributed by atoms with van der Waals surface area (Å²) in [6.07, 6.45) is 1.23. The third-order valence-corrected chi connectivity index (χ3v) is 7.52. The molecule has 37 heavy (non-hydrogen) atoms. The van der Waals surface area contributed by atoms with E-state index in [1.54, 1.807) is 6.20 Å². The molecule has 6 heteroatoms. The molecule has 0 amide bonds. The van der Waals surface area contributed by atoms with Crippen LogP contribution in [0.25, 0.3) is 10.9 Å². The number of aliphatic hydroxyl groups is 1. The molecule has 0 radical (unpaired) electrons. The fourth-order valence-corrected chi connectivity index (χ4v) is 5.58. The van der Waals surface area contributed by atoms with E-state index in [1.807, 2.05) is 30.3 Å². The van der Waals surface area contributed by atoms with Gasteiger partial charge in [-0.3, -0.25) is 14.8 Å². The number of fused-ring (bicyclic) bond motifs is 3. The molecule has 2 unspecified atom stereocenters. The third-order valence-electron chi connectivity index (χ3n) is 7.52. The number of hydrogen-bond donors (Lipinski definition) is 1. The van der Waals surface area contributed by atoms with Crippen molar-refractivity contribution in [2.45, 2.75) is 18.6 Å². The van der Waals surface area contributed by atoms with Gasteiger partial charge < -0.3 is 14.6 Å². The highest BCUT2D eigenvalue weighted by molar-refractivity contribution is 5.84. The molecule has 190 valence electrons. The number of piperazine rings is 1. The number of benzene rings is 3. The Morgan fingerprint density at radius 2 is 1.65 bits per heavy atom. The fourth-order valence-electron chi connectivity index (χ4n) is 5.58. The van der Waals surface area contributed by atoms with Gasteiger partial charge in [0.15, 0.2) is 0 Å². The zero-order chi connectivity index (χ0) is 25.0. The summed E-state index contributed by atoms with van der Waals surface area (Å²) >= 11 is 0. The highest BCUT2D eigenvalue weighted by Gasteiger charge is 2.28. The highest BCUT2D eigenvalue weighted by atomic mass is 16.5. The van der Waals surface area contributed by atoms with Crippen LogP contribution in [0.2, 0.25) is 0 Å². The van der Waals surface area contributed by atoms with Gasteiger partial charge in [0.25, 0.3) is 0 Å². The maximum absolute atomic E-state index is 10.7. The molecule has 1 N–H and O–H groups in total. The van der Waals surface area contributed by atoms with Gasteiger partial charge in [-0.15, -0.1) is 0 Å². The number of rotatable bonds is 7. The quantitative estimate of drug-likeness (QED) is 0.412. The van der Waals surface area contributed by atoms with Gasteiger partial charge in [0, 0.05) is 62.3 Å². The topological polar surface area (TPSA) is 58.1 Å². The van der Waals surface area contributed by atoms with E-state index in [2.05, 4.69) is 63.3 Å². The van der Waals surface area contributed by atoms with Crippen molar-refractivity contribution in [2.24, 2.45) is 0 Å². The summed E-state index contributed by atoms with van der Waals surface area (Å²) in [6.45, 7) is 6.28. The zero-order valence-electron chi connectivity index (χ0n) is 21.0. The number of aromatic nitrogens is 1. The smallest absolute Gasteiger partial charge is 0.128 e. The maximum Gasteiger partial charge on any atom is 0.128 e. The fraction of sp³-hybridized carbons (Fsp3) is 0.323. The molecule has 3 aromatic carbocycles. The van der Waals surface area contributed by atoms with Gasteiger partial charge in [0.1, 0.15) is 30.8 Å². The molecule has 2 aliphatic heterocycles. The molecule has 2 aliphatic rings. The van der Waals surface area contributed by atoms with Crippen LogP contribution < -0.4 is 9.47 Å². The predicted octanol–water partition coefficient (Wildman–Crippen LogP) is 4.32. The Morgan fingerprint density at radius 3 is 2.54 bits per heavy atom. The lowest BCUT2D eigenvalue weighted by atomic mass is 9.88. The third kappa shape index (κ3) is 5.32. The first-order valence-electron chi connectivity index (χ1n) is 13.1. The molecule has 1 saturated heterocycles. The van der Waals surface area contributed by atoms with Crippen molar-refractivity contribution in [2.75, 3.05) is 45.9 Å². The first-order valence-corrected chi connectivity index (χ1v) is 13.1. The van der Waals surface area contributed by atoms with Gasteiger partial charge in [-0.25, -0.2) is 0 Å². The van der Waals surface area contributed by atoms with E-state index >= 15 is 0 Å². The molecule has 6 nitrogen and oxygen atoms in total. The molecule has 2 atom stereocenters. The summed E-state index contributed by atoms with van der Waals surface area (Å²) < 4.78 is 12.1. The average molecular weight is 496 g/mol. The van der Waals surface area contributed by atoms with Gasteiger partial charge in [-0.05, 0) is 41.5 Å². The minimum atomic E-state index is -0.545. The monoisotopic (exact) mass is 495 g/mol. The van der Waals surface area contributed by atoms with E-state index in [1.165, 1.54) is 16.7 Å². The first-order chi connectivity index (χ1) is 18.2. The lowest BCUT2D eigenvalue weighted by Gasteiger charge is -2.37. The van der Waals surface area contributed by atoms with E-state index in [0.717, 1.165) is 55.1 Å². The molecular weight excluding hydrogens is 462 g/mol. The van der Waals surface area contributed by atoms with Gasteiger partial charge in [0.05, 0.1) is 5.52 Å². The van der Waals surface area contributed by atoms with Gasteiger partial charge in [-0.1, -0.05) is 48.5 Å². The Labute approximate surface area is 218 Å². The summed E-state index contributed by atoms with van der Waals surface area (Å²) in [6, 6.07) is 26.9. The minimum absolute atomic E-state index is 0.268. The summed E-state index contributed by atoms with van der Waals surface area (Å²) in [5.41, 5.74) is 4.81. The summed E-state index contributed by atoms with van der Waals surface area (Å²) in [5, 5.41) is 11.7. The van der Waals surface area contributed by atoms with Crippen molar-refractivity contribution >= 4 is 10.9 Å². The summed E-state index contributed by atoms with van der Waals surface area (Å²) in [4.78, 5) is 9.27. The minimum Gasteiger partial charge on any atom is -0.490 e. The molecular formula is C31H33N3O3. The number of para-hydroxylation sites is 1. The normalized spacial score (nSPS) is 18.9. The molecule has 0 bridgehead atoms. The predicted molar refractivity (Wildman–Crippen MR) is 145 cm³/mol. The Hall–Kier alpha value is -3.45. The second-order valence-corrected chi connectivity index (χ2v) is 9.97. The van der Waals surface area contributed by atoms with Crippen LogP contribution in [0.15, 0.2) is 85.1 Å². The standard InChI is InChI=1S/C31H33N3O3/c35-24(22-37-31-13-5-11-29-27(31)10-6-14-32-29)19-33-15-17-34(18-16-33)20-28-25-8-2-1-7-23(25)21-36-30-12-4-3-9-26(28)30/h1-14,24,28,35H,15-22H2. The van der Waals surface area contributed by atoms with Crippen LogP contribution in [-0.4, -0.2) is 71.9 Å². The summed E-state index contributed by atoms with van der Waals surface area (Å²) in [5.74, 6) is 2.05. The van der Waals surface area contributed by atoms with Crippen LogP contribution >= 0.6 is 0 Å². The van der Waals surface area contributed by atoms with Crippen molar-refractivity contribution in [3.63, 3.8) is 0 Å². The van der Waals surface area contributed by atoms with Crippen molar-refractivity contribution < 1.29 is 14.6 Å². The Morgan fingerprint density at radius 1 is 0.865 bits per heavy atom. The van der Waals surface area contributed by atoms with Gasteiger partial charge in [0.2, 0.25) is 0 Å². The van der Waals surface area contributed by atoms with Gasteiger partial charge >= 0.3 is 0 Å². The number of pyridine rings is 1. The second-order valence-electron chi connectivity index (χ2n) is 9.97. The van der Waals surface area contributed by atoms with Crippen molar-refractivity contribution in [3.8, 4) is 11.5 Å². The van der Waals surface area contributed by atoms with Crippen LogP contribution in [-0.2, 0) is 6.61 Å². The van der Waals surface area contributed by atoms with Gasteiger partial charge in [-0.2, -0.15) is 0 Å². The molecule has 4 aromatic rings. The van der Waals surface area contributed by atoms with Crippen molar-refractivity contribution in [3.05, 3.63) is 102 Å². The Kier molecular flexibility index (Phi) is 7.04. The van der Waals surface area contributed by atoms with Crippen LogP contribution in [0.3, 0.4) is 0 Å². The lowest BCUT2D eigenvalue weighted by Crippen LogP contribution is -2.50. The van der Waals surface area contributed by atoms with E-state index < -0.39 is 6.10 Å². The summed E-state index contributed by atoms with van der Waals surface area (Å²) in [7, 11) is 0. The number of nitrogens with zero attached hydrogens (tertiary/aromatic N) is 3. The molecule has 0 aliphatic carbocycles. The largest absolute Gasteiger partial charge is 0.490 e. The number of β-amino-alcohol motifs (C(OH)–C–C–N with tert-alkyl or cyclic N) is 1. The molecule has 6 rings (SSSR count). The van der Waals surface area contributed by atoms with E-state index in [-0.39, 0.29) is 12.5 Å². The van der Waals surface area contributed by atoms with Crippen molar-refractivity contribution in [1.82, 2.24) is 14.8 Å². The maximum atomic E-state index is 10.7. The zero-order valence-corrected chi connectivity index (χ0v) is 21.0. The Balaban J connectivity index is 1.05. The molecule has 3 heterocycles.